The van der Waals surface area contributed by atoms with Crippen LogP contribution < -0.4 is 9.47 Å². The van der Waals surface area contributed by atoms with Gasteiger partial charge in [0.25, 0.3) is 5.95 Å². The molecule has 4 nitrogen and oxygen atoms in total. The zero-order valence-electron chi connectivity index (χ0n) is 22.3. The molecule has 0 N–H and O–H groups in total. The van der Waals surface area contributed by atoms with Crippen LogP contribution in [0.2, 0.25) is 0 Å². The lowest BCUT2D eigenvalue weighted by Gasteiger charge is -2.27. The number of carbonyl (C=O) groups excluding carboxylic acids is 1. The van der Waals surface area contributed by atoms with Gasteiger partial charge in [-0.3, -0.25) is 4.79 Å². The maximum absolute atomic E-state index is 14.7. The van der Waals surface area contributed by atoms with Gasteiger partial charge in [0, 0.05) is 5.56 Å². The number of hydrogen-bond donors (Lipinski definition) is 0. The molecule has 3 rings (SSSR count). The van der Waals surface area contributed by atoms with Crippen molar-refractivity contribution in [1.82, 2.24) is 4.98 Å². The molecule has 2 aromatic rings. The van der Waals surface area contributed by atoms with E-state index in [1.807, 2.05) is 24.3 Å². The van der Waals surface area contributed by atoms with E-state index in [1.165, 1.54) is 63.9 Å². The second kappa shape index (κ2) is 15.6. The Morgan fingerprint density at radius 1 is 0.861 bits per heavy atom. The van der Waals surface area contributed by atoms with Crippen LogP contribution in [-0.4, -0.2) is 17.6 Å². The second-order valence-corrected chi connectivity index (χ2v) is 10.3. The van der Waals surface area contributed by atoms with Gasteiger partial charge in [-0.2, -0.15) is 4.39 Å². The molecule has 0 bridgehead atoms. The summed E-state index contributed by atoms with van der Waals surface area (Å²) in [6.45, 7) is 5.15. The minimum Gasteiger partial charge on any atom is -0.494 e. The number of nitrogens with zero attached hydrogens (tertiary/aromatic N) is 1. The fourth-order valence-corrected chi connectivity index (χ4v) is 5.01. The number of hydrogen-bond acceptors (Lipinski definition) is 4. The molecule has 1 aliphatic carbocycles. The number of unbranched alkanes of at least 4 members (excludes halogenated alkanes) is 7. The van der Waals surface area contributed by atoms with Gasteiger partial charge in [-0.1, -0.05) is 71.6 Å². The van der Waals surface area contributed by atoms with E-state index in [-0.39, 0.29) is 17.6 Å². The van der Waals surface area contributed by atoms with Crippen LogP contribution in [0.25, 0.3) is 11.3 Å². The number of pyridine rings is 1. The third-order valence-corrected chi connectivity index (χ3v) is 7.34. The first-order valence-corrected chi connectivity index (χ1v) is 14.2. The number of esters is 1. The summed E-state index contributed by atoms with van der Waals surface area (Å²) >= 11 is 0. The molecule has 0 unspecified atom stereocenters. The number of halogens is 1. The van der Waals surface area contributed by atoms with E-state index in [9.17, 15) is 9.18 Å². The van der Waals surface area contributed by atoms with Crippen LogP contribution in [0.3, 0.4) is 0 Å². The smallest absolute Gasteiger partial charge is 0.314 e. The highest BCUT2D eigenvalue weighted by Gasteiger charge is 2.28. The number of aromatic nitrogens is 1. The van der Waals surface area contributed by atoms with E-state index in [0.29, 0.717) is 18.2 Å². The van der Waals surface area contributed by atoms with Gasteiger partial charge in [0.15, 0.2) is 5.75 Å². The number of rotatable bonds is 15. The quantitative estimate of drug-likeness (QED) is 0.140. The number of carbonyl (C=O) groups is 1. The molecule has 0 atom stereocenters. The lowest BCUT2D eigenvalue weighted by atomic mass is 9.80. The van der Waals surface area contributed by atoms with Crippen LogP contribution in [-0.2, 0) is 4.79 Å². The number of benzene rings is 1. The third kappa shape index (κ3) is 9.22. The lowest BCUT2D eigenvalue weighted by molar-refractivity contribution is -0.140. The van der Waals surface area contributed by atoms with E-state index in [0.717, 1.165) is 43.4 Å². The molecule has 0 spiro atoms. The summed E-state index contributed by atoms with van der Waals surface area (Å²) in [5.41, 5.74) is 1.29. The summed E-state index contributed by atoms with van der Waals surface area (Å²) in [5.74, 6) is 0.201. The van der Waals surface area contributed by atoms with Crippen molar-refractivity contribution in [3.63, 3.8) is 0 Å². The monoisotopic (exact) mass is 497 g/mol. The standard InChI is InChI=1S/C31H44FNO3/c1-3-5-7-8-9-11-23-35-27-19-17-25(18-20-27)28-21-22-29(30(32)33-28)36-31(34)26-15-13-24(14-16-26)12-10-6-4-2/h17-22,24,26H,3-16,23H2,1-2H3/t24-,26-. The Balaban J connectivity index is 1.44. The maximum atomic E-state index is 14.7. The fraction of sp³-hybridized carbons (Fsp3) is 0.613. The van der Waals surface area contributed by atoms with Crippen LogP contribution in [0, 0.1) is 17.8 Å². The average Bonchev–Trinajstić information content (AvgIpc) is 2.90. The Bertz CT molecular complexity index is 907. The molecule has 1 heterocycles. The molecular formula is C31H44FNO3. The molecule has 0 saturated heterocycles. The van der Waals surface area contributed by atoms with Gasteiger partial charge in [-0.15, -0.1) is 0 Å². The lowest BCUT2D eigenvalue weighted by Crippen LogP contribution is -2.26. The third-order valence-electron chi connectivity index (χ3n) is 7.34. The molecule has 1 fully saturated rings. The van der Waals surface area contributed by atoms with Gasteiger partial charge in [0.1, 0.15) is 5.75 Å². The highest BCUT2D eigenvalue weighted by Crippen LogP contribution is 2.33. The minimum absolute atomic E-state index is 0.0901. The molecule has 36 heavy (non-hydrogen) atoms. The first-order valence-electron chi connectivity index (χ1n) is 14.2. The van der Waals surface area contributed by atoms with Crippen molar-refractivity contribution >= 4 is 5.97 Å². The predicted molar refractivity (Wildman–Crippen MR) is 144 cm³/mol. The Kier molecular flexibility index (Phi) is 12.2. The van der Waals surface area contributed by atoms with Gasteiger partial charge in [-0.05, 0) is 74.4 Å². The molecule has 198 valence electrons. The summed E-state index contributed by atoms with van der Waals surface area (Å²) in [6, 6.07) is 10.7. The van der Waals surface area contributed by atoms with Crippen molar-refractivity contribution in [3.8, 4) is 22.8 Å². The Morgan fingerprint density at radius 3 is 2.22 bits per heavy atom. The summed E-state index contributed by atoms with van der Waals surface area (Å²) in [4.78, 5) is 16.7. The van der Waals surface area contributed by atoms with Crippen LogP contribution >= 0.6 is 0 Å². The fourth-order valence-electron chi connectivity index (χ4n) is 5.01. The normalized spacial score (nSPS) is 17.6. The molecule has 0 amide bonds. The Labute approximate surface area is 217 Å². The number of ether oxygens (including phenoxy) is 2. The van der Waals surface area contributed by atoms with Gasteiger partial charge in [0.2, 0.25) is 0 Å². The molecule has 5 heteroatoms. The van der Waals surface area contributed by atoms with E-state index in [2.05, 4.69) is 18.8 Å². The zero-order valence-corrected chi connectivity index (χ0v) is 22.3. The van der Waals surface area contributed by atoms with Crippen molar-refractivity contribution in [3.05, 3.63) is 42.3 Å². The van der Waals surface area contributed by atoms with Gasteiger partial charge in [0.05, 0.1) is 18.2 Å². The maximum Gasteiger partial charge on any atom is 0.314 e. The largest absolute Gasteiger partial charge is 0.494 e. The van der Waals surface area contributed by atoms with Crippen molar-refractivity contribution in [2.45, 2.75) is 104 Å². The zero-order chi connectivity index (χ0) is 25.6. The van der Waals surface area contributed by atoms with Crippen LogP contribution in [0.1, 0.15) is 104 Å². The molecule has 0 radical (unpaired) electrons. The molecule has 1 aromatic heterocycles. The Hall–Kier alpha value is -2.43. The van der Waals surface area contributed by atoms with E-state index in [4.69, 9.17) is 9.47 Å². The second-order valence-electron chi connectivity index (χ2n) is 10.3. The molecule has 1 aromatic carbocycles. The summed E-state index contributed by atoms with van der Waals surface area (Å²) in [5, 5.41) is 0. The SMILES string of the molecule is CCCCCCCCOc1ccc(-c2ccc(OC(=O)[C@H]3CC[C@H](CCCCC)CC3)c(F)n2)cc1. The highest BCUT2D eigenvalue weighted by molar-refractivity contribution is 5.75. The Morgan fingerprint density at radius 2 is 1.53 bits per heavy atom. The van der Waals surface area contributed by atoms with Crippen LogP contribution in [0.4, 0.5) is 4.39 Å². The average molecular weight is 498 g/mol. The summed E-state index contributed by atoms with van der Waals surface area (Å²) in [7, 11) is 0. The topological polar surface area (TPSA) is 48.4 Å². The van der Waals surface area contributed by atoms with Crippen molar-refractivity contribution in [2.24, 2.45) is 11.8 Å². The predicted octanol–water partition coefficient (Wildman–Crippen LogP) is 8.92. The summed E-state index contributed by atoms with van der Waals surface area (Å²) < 4.78 is 25.9. The van der Waals surface area contributed by atoms with Crippen molar-refractivity contribution in [2.75, 3.05) is 6.61 Å². The molecule has 1 saturated carbocycles. The van der Waals surface area contributed by atoms with Crippen LogP contribution in [0.15, 0.2) is 36.4 Å². The van der Waals surface area contributed by atoms with E-state index in [1.54, 1.807) is 6.07 Å². The van der Waals surface area contributed by atoms with Gasteiger partial charge >= 0.3 is 5.97 Å². The first-order chi connectivity index (χ1) is 17.6. The minimum atomic E-state index is -0.752. The van der Waals surface area contributed by atoms with Crippen LogP contribution in [0.5, 0.6) is 11.5 Å². The molecule has 0 aliphatic heterocycles. The highest BCUT2D eigenvalue weighted by atomic mass is 19.1. The van der Waals surface area contributed by atoms with E-state index >= 15 is 0 Å². The van der Waals surface area contributed by atoms with Crippen molar-refractivity contribution in [1.29, 1.82) is 0 Å². The first kappa shape index (κ1) is 28.1. The molecule has 1 aliphatic rings. The van der Waals surface area contributed by atoms with Gasteiger partial charge < -0.3 is 9.47 Å². The van der Waals surface area contributed by atoms with Crippen molar-refractivity contribution < 1.29 is 18.7 Å². The summed E-state index contributed by atoms with van der Waals surface area (Å²) in [6.07, 6.45) is 16.2. The van der Waals surface area contributed by atoms with E-state index < -0.39 is 5.95 Å². The van der Waals surface area contributed by atoms with Gasteiger partial charge in [-0.25, -0.2) is 4.98 Å². The molecular weight excluding hydrogens is 453 g/mol.